The Balaban J connectivity index is 2.91. The zero-order valence-electron chi connectivity index (χ0n) is 12.2. The Morgan fingerprint density at radius 2 is 2.11 bits per heavy atom. The summed E-state index contributed by atoms with van der Waals surface area (Å²) in [7, 11) is 0. The molecular formula is C13H26N4O2. The monoisotopic (exact) mass is 270 g/mol. The summed E-state index contributed by atoms with van der Waals surface area (Å²) in [4.78, 5) is 14.3. The standard InChI is InChI=1S/C13H26N4O2/c1-8(2)12(17(15)10(4)6-14)13(19)16-7-11(18)5-9(16)3/h6,8-9,11-12,18H,5,7,14-15H2,1-4H3/b10-6-. The fourth-order valence-corrected chi connectivity index (χ4v) is 2.51. The minimum absolute atomic E-state index is 0.0410. The average Bonchev–Trinajstić information content (AvgIpc) is 2.66. The van der Waals surface area contributed by atoms with Crippen LogP contribution in [-0.2, 0) is 4.79 Å². The fraction of sp³-hybridized carbons (Fsp3) is 0.769. The first kappa shape index (κ1) is 15.8. The van der Waals surface area contributed by atoms with Crippen molar-refractivity contribution >= 4 is 5.91 Å². The molecule has 19 heavy (non-hydrogen) atoms. The highest BCUT2D eigenvalue weighted by molar-refractivity contribution is 5.83. The van der Waals surface area contributed by atoms with E-state index < -0.39 is 12.1 Å². The lowest BCUT2D eigenvalue weighted by Crippen LogP contribution is -2.54. The molecular weight excluding hydrogens is 244 g/mol. The number of hydrogen-bond donors (Lipinski definition) is 3. The number of β-amino-alcohol motifs (C(OH)–C–C–N with tert-alkyl or cyclic N) is 1. The summed E-state index contributed by atoms with van der Waals surface area (Å²) >= 11 is 0. The Morgan fingerprint density at radius 1 is 1.53 bits per heavy atom. The molecule has 5 N–H and O–H groups in total. The maximum atomic E-state index is 12.6. The molecule has 0 bridgehead atoms. The lowest BCUT2D eigenvalue weighted by atomic mass is 10.0. The maximum Gasteiger partial charge on any atom is 0.247 e. The number of nitrogens with two attached hydrogens (primary N) is 2. The number of carbonyl (C=O) groups is 1. The van der Waals surface area contributed by atoms with E-state index in [1.165, 1.54) is 11.2 Å². The van der Waals surface area contributed by atoms with E-state index in [1.54, 1.807) is 11.8 Å². The number of nitrogens with zero attached hydrogens (tertiary/aromatic N) is 2. The van der Waals surface area contributed by atoms with Gasteiger partial charge in [0.15, 0.2) is 0 Å². The number of hydrazine groups is 1. The van der Waals surface area contributed by atoms with E-state index in [1.807, 2.05) is 20.8 Å². The zero-order valence-corrected chi connectivity index (χ0v) is 12.2. The van der Waals surface area contributed by atoms with E-state index in [-0.39, 0.29) is 17.9 Å². The number of aliphatic hydroxyl groups is 1. The summed E-state index contributed by atoms with van der Waals surface area (Å²) in [6.07, 6.45) is 1.57. The Morgan fingerprint density at radius 3 is 2.47 bits per heavy atom. The van der Waals surface area contributed by atoms with Crippen LogP contribution in [0.1, 0.15) is 34.1 Å². The van der Waals surface area contributed by atoms with Crippen LogP contribution in [0.2, 0.25) is 0 Å². The van der Waals surface area contributed by atoms with Crippen LogP contribution in [0.3, 0.4) is 0 Å². The van der Waals surface area contributed by atoms with Crippen molar-refractivity contribution in [1.82, 2.24) is 9.91 Å². The van der Waals surface area contributed by atoms with Gasteiger partial charge >= 0.3 is 0 Å². The van der Waals surface area contributed by atoms with Crippen LogP contribution in [0.25, 0.3) is 0 Å². The van der Waals surface area contributed by atoms with Crippen LogP contribution < -0.4 is 11.6 Å². The normalized spacial score (nSPS) is 25.8. The molecule has 1 aliphatic heterocycles. The molecule has 0 aromatic rings. The number of allylic oxidation sites excluding steroid dienone is 1. The molecule has 0 spiro atoms. The molecule has 6 nitrogen and oxygen atoms in total. The van der Waals surface area contributed by atoms with E-state index in [0.29, 0.717) is 18.7 Å². The maximum absolute atomic E-state index is 12.6. The fourth-order valence-electron chi connectivity index (χ4n) is 2.51. The Hall–Kier alpha value is -1.27. The first-order valence-electron chi connectivity index (χ1n) is 6.70. The van der Waals surface area contributed by atoms with Crippen molar-refractivity contribution in [2.24, 2.45) is 17.5 Å². The third kappa shape index (κ3) is 3.39. The van der Waals surface area contributed by atoms with Gasteiger partial charge in [0.2, 0.25) is 5.91 Å². The van der Waals surface area contributed by atoms with Crippen LogP contribution >= 0.6 is 0 Å². The molecule has 0 radical (unpaired) electrons. The van der Waals surface area contributed by atoms with E-state index in [9.17, 15) is 9.90 Å². The van der Waals surface area contributed by atoms with E-state index in [4.69, 9.17) is 11.6 Å². The van der Waals surface area contributed by atoms with Gasteiger partial charge < -0.3 is 20.7 Å². The van der Waals surface area contributed by atoms with Gasteiger partial charge in [0, 0.05) is 24.5 Å². The van der Waals surface area contributed by atoms with Crippen LogP contribution in [-0.4, -0.2) is 45.7 Å². The van der Waals surface area contributed by atoms with Crippen molar-refractivity contribution in [3.63, 3.8) is 0 Å². The molecule has 3 unspecified atom stereocenters. The van der Waals surface area contributed by atoms with Gasteiger partial charge in [-0.15, -0.1) is 0 Å². The first-order valence-corrected chi connectivity index (χ1v) is 6.70. The lowest BCUT2D eigenvalue weighted by Gasteiger charge is -2.35. The van der Waals surface area contributed by atoms with Crippen LogP contribution in [0.4, 0.5) is 0 Å². The summed E-state index contributed by atoms with van der Waals surface area (Å²) in [6, 6.07) is -0.424. The second-order valence-corrected chi connectivity index (χ2v) is 5.63. The number of hydrogen-bond acceptors (Lipinski definition) is 5. The second kappa shape index (κ2) is 6.25. The Bertz CT molecular complexity index is 357. The summed E-state index contributed by atoms with van der Waals surface area (Å²) in [5, 5.41) is 11.1. The van der Waals surface area contributed by atoms with E-state index in [2.05, 4.69) is 0 Å². The molecule has 0 aromatic heterocycles. The smallest absolute Gasteiger partial charge is 0.247 e. The molecule has 0 aliphatic carbocycles. The third-order valence-electron chi connectivity index (χ3n) is 3.67. The highest BCUT2D eigenvalue weighted by Crippen LogP contribution is 2.22. The molecule has 1 aliphatic rings. The molecule has 110 valence electrons. The molecule has 0 saturated carbocycles. The second-order valence-electron chi connectivity index (χ2n) is 5.63. The Kier molecular flexibility index (Phi) is 5.20. The molecule has 6 heteroatoms. The third-order valence-corrected chi connectivity index (χ3v) is 3.67. The summed E-state index contributed by atoms with van der Waals surface area (Å²) in [5.74, 6) is 6.00. The predicted octanol–water partition coefficient (Wildman–Crippen LogP) is -0.0116. The molecule has 1 heterocycles. The van der Waals surface area contributed by atoms with Gasteiger partial charge in [0.1, 0.15) is 6.04 Å². The Labute approximate surface area is 115 Å². The van der Waals surface area contributed by atoms with Crippen LogP contribution in [0.15, 0.2) is 11.9 Å². The zero-order chi connectivity index (χ0) is 14.7. The molecule has 3 atom stereocenters. The molecule has 1 fully saturated rings. The van der Waals surface area contributed by atoms with E-state index >= 15 is 0 Å². The van der Waals surface area contributed by atoms with Gasteiger partial charge in [-0.1, -0.05) is 13.8 Å². The minimum atomic E-state index is -0.465. The van der Waals surface area contributed by atoms with E-state index in [0.717, 1.165) is 0 Å². The predicted molar refractivity (Wildman–Crippen MR) is 74.4 cm³/mol. The van der Waals surface area contributed by atoms with Gasteiger partial charge in [-0.3, -0.25) is 4.79 Å². The number of amides is 1. The SMILES string of the molecule is C/C(=C/N)N(N)C(C(=O)N1CC(O)CC1C)C(C)C. The summed E-state index contributed by atoms with van der Waals surface area (Å²) in [5.41, 5.74) is 6.12. The number of likely N-dealkylation sites (tertiary alicyclic amines) is 1. The number of rotatable bonds is 4. The minimum Gasteiger partial charge on any atom is -0.403 e. The largest absolute Gasteiger partial charge is 0.403 e. The van der Waals surface area contributed by atoms with Crippen molar-refractivity contribution in [3.8, 4) is 0 Å². The van der Waals surface area contributed by atoms with Crippen molar-refractivity contribution in [3.05, 3.63) is 11.9 Å². The molecule has 1 amide bonds. The summed E-state index contributed by atoms with van der Waals surface area (Å²) in [6.45, 7) is 7.98. The first-order chi connectivity index (χ1) is 8.79. The van der Waals surface area contributed by atoms with Crippen LogP contribution in [0, 0.1) is 5.92 Å². The van der Waals surface area contributed by atoms with Gasteiger partial charge in [0.05, 0.1) is 6.10 Å². The van der Waals surface area contributed by atoms with Crippen molar-refractivity contribution in [1.29, 1.82) is 0 Å². The van der Waals surface area contributed by atoms with Gasteiger partial charge in [0.25, 0.3) is 0 Å². The van der Waals surface area contributed by atoms with Gasteiger partial charge in [-0.2, -0.15) is 0 Å². The van der Waals surface area contributed by atoms with Gasteiger partial charge in [-0.25, -0.2) is 5.84 Å². The quantitative estimate of drug-likeness (QED) is 0.493. The topological polar surface area (TPSA) is 95.8 Å². The van der Waals surface area contributed by atoms with Crippen LogP contribution in [0.5, 0.6) is 0 Å². The van der Waals surface area contributed by atoms with Crippen molar-refractivity contribution < 1.29 is 9.90 Å². The average molecular weight is 270 g/mol. The summed E-state index contributed by atoms with van der Waals surface area (Å²) < 4.78 is 0. The van der Waals surface area contributed by atoms with Crippen molar-refractivity contribution in [2.75, 3.05) is 6.54 Å². The van der Waals surface area contributed by atoms with Crippen molar-refractivity contribution in [2.45, 2.75) is 52.3 Å². The molecule has 0 aromatic carbocycles. The lowest BCUT2D eigenvalue weighted by molar-refractivity contribution is -0.138. The highest BCUT2D eigenvalue weighted by atomic mass is 16.3. The highest BCUT2D eigenvalue weighted by Gasteiger charge is 2.38. The van der Waals surface area contributed by atoms with Gasteiger partial charge in [-0.05, 0) is 26.2 Å². The number of carbonyl (C=O) groups excluding carboxylic acids is 1. The molecule has 1 saturated heterocycles. The number of aliphatic hydroxyl groups excluding tert-OH is 1. The molecule has 1 rings (SSSR count).